The third-order valence-electron chi connectivity index (χ3n) is 7.51. The quantitative estimate of drug-likeness (QED) is 0.480. The molecule has 2 aliphatic heterocycles. The van der Waals surface area contributed by atoms with E-state index >= 15 is 0 Å². The molecular weight excluding hydrogens is 470 g/mol. The number of ether oxygens (including phenoxy) is 1. The molecule has 0 radical (unpaired) electrons. The summed E-state index contributed by atoms with van der Waals surface area (Å²) in [6, 6.07) is 13.7. The van der Waals surface area contributed by atoms with Crippen LogP contribution in [0.4, 0.5) is 5.82 Å². The van der Waals surface area contributed by atoms with Crippen molar-refractivity contribution in [2.75, 3.05) is 44.8 Å². The van der Waals surface area contributed by atoms with Gasteiger partial charge >= 0.3 is 0 Å². The zero-order valence-electron chi connectivity index (χ0n) is 21.3. The number of aromatic nitrogens is 2. The van der Waals surface area contributed by atoms with E-state index in [1.54, 1.807) is 13.2 Å². The van der Waals surface area contributed by atoms with E-state index in [0.717, 1.165) is 68.9 Å². The van der Waals surface area contributed by atoms with Crippen molar-refractivity contribution in [3.8, 4) is 17.0 Å². The Morgan fingerprint density at radius 2 is 1.97 bits per heavy atom. The summed E-state index contributed by atoms with van der Waals surface area (Å²) in [5.41, 5.74) is 2.86. The molecule has 4 heterocycles. The van der Waals surface area contributed by atoms with E-state index in [4.69, 9.17) is 14.2 Å². The number of carbonyl (C=O) groups excluding carboxylic acids is 1. The fraction of sp³-hybridized carbons (Fsp3) is 0.464. The number of likely N-dealkylation sites (tertiary alicyclic amines) is 1. The van der Waals surface area contributed by atoms with E-state index in [-0.39, 0.29) is 19.1 Å². The van der Waals surface area contributed by atoms with Crippen LogP contribution in [0.2, 0.25) is 0 Å². The Hall–Kier alpha value is -3.43. The maximum atomic E-state index is 13.3. The zero-order valence-corrected chi connectivity index (χ0v) is 21.3. The van der Waals surface area contributed by atoms with Crippen molar-refractivity contribution in [1.29, 1.82) is 0 Å². The van der Waals surface area contributed by atoms with Crippen LogP contribution in [0.1, 0.15) is 41.7 Å². The average molecular weight is 506 g/mol. The van der Waals surface area contributed by atoms with Gasteiger partial charge in [0.15, 0.2) is 0 Å². The fourth-order valence-corrected chi connectivity index (χ4v) is 5.49. The highest BCUT2D eigenvalue weighted by molar-refractivity contribution is 5.99. The summed E-state index contributed by atoms with van der Waals surface area (Å²) in [7, 11) is 1.65. The number of methoxy groups -OCH3 is 1. The Morgan fingerprint density at radius 3 is 2.73 bits per heavy atom. The summed E-state index contributed by atoms with van der Waals surface area (Å²) in [5.74, 6) is 1.62. The number of carbonyl (C=O) groups is 1. The maximum Gasteiger partial charge on any atom is 0.255 e. The molecule has 0 aliphatic carbocycles. The fourth-order valence-electron chi connectivity index (χ4n) is 5.49. The standard InChI is InChI=1S/C28H35N5O4/c1-36-26-7-3-2-6-23(26)25-9-8-24(28(35)29-17-21-12-16-37-31-21)27(30-25)32-14-10-22(11-15-32)33-13-4-5-20(18-33)19-34/h2-3,6-9,12,16,20,22,34H,4-5,10-11,13-15,17-19H2,1H3,(H,29,35)/t20-/m1/s1. The molecule has 2 aromatic heterocycles. The summed E-state index contributed by atoms with van der Waals surface area (Å²) in [5, 5.41) is 16.5. The van der Waals surface area contributed by atoms with Gasteiger partial charge in [-0.05, 0) is 62.4 Å². The first-order valence-electron chi connectivity index (χ1n) is 13.1. The minimum atomic E-state index is -0.194. The number of anilines is 1. The predicted molar refractivity (Wildman–Crippen MR) is 141 cm³/mol. The summed E-state index contributed by atoms with van der Waals surface area (Å²) in [6.45, 7) is 4.25. The van der Waals surface area contributed by atoms with Crippen molar-refractivity contribution in [2.45, 2.75) is 38.3 Å². The van der Waals surface area contributed by atoms with Gasteiger partial charge < -0.3 is 24.6 Å². The largest absolute Gasteiger partial charge is 0.496 e. The molecule has 2 aliphatic rings. The monoisotopic (exact) mass is 505 g/mol. The number of hydrogen-bond acceptors (Lipinski definition) is 8. The maximum absolute atomic E-state index is 13.3. The number of aliphatic hydroxyl groups excluding tert-OH is 1. The lowest BCUT2D eigenvalue weighted by atomic mass is 9.94. The first-order valence-corrected chi connectivity index (χ1v) is 13.1. The van der Waals surface area contributed by atoms with Gasteiger partial charge in [0.2, 0.25) is 0 Å². The molecule has 0 saturated carbocycles. The summed E-state index contributed by atoms with van der Waals surface area (Å²) < 4.78 is 10.4. The van der Waals surface area contributed by atoms with Crippen molar-refractivity contribution in [3.05, 3.63) is 60.0 Å². The molecule has 1 atom stereocenters. The third kappa shape index (κ3) is 5.78. The van der Waals surface area contributed by atoms with Crippen LogP contribution < -0.4 is 15.0 Å². The molecule has 5 rings (SSSR count). The van der Waals surface area contributed by atoms with E-state index in [1.165, 1.54) is 6.26 Å². The van der Waals surface area contributed by atoms with Crippen molar-refractivity contribution < 1.29 is 19.2 Å². The number of amides is 1. The van der Waals surface area contributed by atoms with Gasteiger partial charge in [0.1, 0.15) is 23.5 Å². The van der Waals surface area contributed by atoms with Gasteiger partial charge in [-0.25, -0.2) is 4.98 Å². The minimum Gasteiger partial charge on any atom is -0.496 e. The Kier molecular flexibility index (Phi) is 8.01. The van der Waals surface area contributed by atoms with Crippen molar-refractivity contribution in [3.63, 3.8) is 0 Å². The molecule has 3 aromatic rings. The van der Waals surface area contributed by atoms with E-state index in [1.807, 2.05) is 36.4 Å². The number of nitrogens with one attached hydrogen (secondary N) is 1. The highest BCUT2D eigenvalue weighted by Gasteiger charge is 2.30. The molecule has 1 aromatic carbocycles. The second-order valence-corrected chi connectivity index (χ2v) is 9.85. The topological polar surface area (TPSA) is 104 Å². The van der Waals surface area contributed by atoms with Gasteiger partial charge in [0.25, 0.3) is 5.91 Å². The Bertz CT molecular complexity index is 1180. The number of nitrogens with zero attached hydrogens (tertiary/aromatic N) is 4. The predicted octanol–water partition coefficient (Wildman–Crippen LogP) is 3.35. The summed E-state index contributed by atoms with van der Waals surface area (Å²) >= 11 is 0. The third-order valence-corrected chi connectivity index (χ3v) is 7.51. The van der Waals surface area contributed by atoms with Crippen molar-refractivity contribution >= 4 is 11.7 Å². The molecule has 2 N–H and O–H groups in total. The number of hydrogen-bond donors (Lipinski definition) is 2. The van der Waals surface area contributed by atoms with Crippen LogP contribution in [-0.4, -0.2) is 72.0 Å². The zero-order chi connectivity index (χ0) is 25.6. The highest BCUT2D eigenvalue weighted by Crippen LogP contribution is 2.33. The molecule has 9 heteroatoms. The van der Waals surface area contributed by atoms with Gasteiger partial charge in [-0.3, -0.25) is 9.69 Å². The number of piperidine rings is 2. The lowest BCUT2D eigenvalue weighted by molar-refractivity contribution is 0.0777. The molecule has 2 saturated heterocycles. The molecule has 0 spiro atoms. The van der Waals surface area contributed by atoms with Crippen molar-refractivity contribution in [1.82, 2.24) is 20.4 Å². The van der Waals surface area contributed by atoms with E-state index in [0.29, 0.717) is 29.0 Å². The molecular formula is C28H35N5O4. The van der Waals surface area contributed by atoms with Crippen LogP contribution in [0.3, 0.4) is 0 Å². The Labute approximate surface area is 217 Å². The minimum absolute atomic E-state index is 0.194. The molecule has 196 valence electrons. The molecule has 0 unspecified atom stereocenters. The second kappa shape index (κ2) is 11.7. The average Bonchev–Trinajstić information content (AvgIpc) is 3.49. The first-order chi connectivity index (χ1) is 18.2. The van der Waals surface area contributed by atoms with Gasteiger partial charge in [0, 0.05) is 43.9 Å². The SMILES string of the molecule is COc1ccccc1-c1ccc(C(=O)NCc2ccon2)c(N2CCC(N3CCC[C@@H](CO)C3)CC2)n1. The molecule has 9 nitrogen and oxygen atoms in total. The number of rotatable bonds is 8. The number of benzene rings is 1. The molecule has 1 amide bonds. The van der Waals surface area contributed by atoms with Crippen LogP contribution in [0.25, 0.3) is 11.3 Å². The van der Waals surface area contributed by atoms with Gasteiger partial charge in [-0.1, -0.05) is 17.3 Å². The van der Waals surface area contributed by atoms with Crippen LogP contribution in [0.15, 0.2) is 53.3 Å². The number of para-hydroxylation sites is 1. The Balaban J connectivity index is 1.38. The lowest BCUT2D eigenvalue weighted by Crippen LogP contribution is -2.49. The number of pyridine rings is 1. The van der Waals surface area contributed by atoms with Crippen molar-refractivity contribution in [2.24, 2.45) is 5.92 Å². The normalized spacial score (nSPS) is 19.1. The van der Waals surface area contributed by atoms with Gasteiger partial charge in [-0.2, -0.15) is 0 Å². The van der Waals surface area contributed by atoms with Crippen LogP contribution in [-0.2, 0) is 6.54 Å². The summed E-state index contributed by atoms with van der Waals surface area (Å²) in [4.78, 5) is 23.0. The highest BCUT2D eigenvalue weighted by atomic mass is 16.5. The van der Waals surface area contributed by atoms with Crippen LogP contribution in [0.5, 0.6) is 5.75 Å². The van der Waals surface area contributed by atoms with Crippen LogP contribution in [0, 0.1) is 5.92 Å². The van der Waals surface area contributed by atoms with Crippen LogP contribution >= 0.6 is 0 Å². The van der Waals surface area contributed by atoms with Gasteiger partial charge in [0.05, 0.1) is 24.9 Å². The number of aliphatic hydroxyl groups is 1. The molecule has 0 bridgehead atoms. The summed E-state index contributed by atoms with van der Waals surface area (Å²) in [6.07, 6.45) is 5.74. The Morgan fingerprint density at radius 1 is 1.14 bits per heavy atom. The van der Waals surface area contributed by atoms with E-state index in [9.17, 15) is 9.90 Å². The molecule has 2 fully saturated rings. The van der Waals surface area contributed by atoms with E-state index < -0.39 is 0 Å². The molecule has 37 heavy (non-hydrogen) atoms. The first kappa shape index (κ1) is 25.2. The lowest BCUT2D eigenvalue weighted by Gasteiger charge is -2.42. The van der Waals surface area contributed by atoms with Gasteiger partial charge in [-0.15, -0.1) is 0 Å². The smallest absolute Gasteiger partial charge is 0.255 e. The van der Waals surface area contributed by atoms with E-state index in [2.05, 4.69) is 20.3 Å². The second-order valence-electron chi connectivity index (χ2n) is 9.85.